The number of nitrogens with zero attached hydrogens (tertiary/aromatic N) is 6. The highest BCUT2D eigenvalue weighted by atomic mass is 19.1. The number of benzene rings is 1. The summed E-state index contributed by atoms with van der Waals surface area (Å²) in [5.74, 6) is -0.753. The molecule has 1 atom stereocenters. The molecule has 3 heterocycles. The van der Waals surface area contributed by atoms with E-state index < -0.39 is 23.2 Å². The molecule has 0 aliphatic rings. The van der Waals surface area contributed by atoms with Crippen molar-refractivity contribution in [1.82, 2.24) is 29.6 Å². The van der Waals surface area contributed by atoms with Crippen LogP contribution < -0.4 is 15.9 Å². The van der Waals surface area contributed by atoms with Gasteiger partial charge in [0, 0.05) is 14.1 Å². The molecule has 0 spiro atoms. The zero-order valence-corrected chi connectivity index (χ0v) is 15.3. The summed E-state index contributed by atoms with van der Waals surface area (Å²) in [5.41, 5.74) is 0.640. The van der Waals surface area contributed by atoms with Crippen molar-refractivity contribution in [1.29, 1.82) is 0 Å². The van der Waals surface area contributed by atoms with Crippen LogP contribution in [0, 0.1) is 5.82 Å². The Hall–Kier alpha value is -3.76. The van der Waals surface area contributed by atoms with Crippen molar-refractivity contribution in [3.8, 4) is 5.75 Å². The first-order valence-electron chi connectivity index (χ1n) is 8.41. The van der Waals surface area contributed by atoms with Crippen LogP contribution in [0.4, 0.5) is 10.2 Å². The number of anilines is 1. The fourth-order valence-corrected chi connectivity index (χ4v) is 3.04. The van der Waals surface area contributed by atoms with E-state index in [0.717, 1.165) is 0 Å². The summed E-state index contributed by atoms with van der Waals surface area (Å²) in [6.07, 6.45) is 2.89. The number of halogens is 1. The van der Waals surface area contributed by atoms with E-state index in [1.54, 1.807) is 21.0 Å². The van der Waals surface area contributed by atoms with E-state index >= 15 is 0 Å². The van der Waals surface area contributed by atoms with Gasteiger partial charge < -0.3 is 20.4 Å². The Morgan fingerprint density at radius 1 is 1.29 bits per heavy atom. The minimum absolute atomic E-state index is 0.149. The first-order valence-corrected chi connectivity index (χ1v) is 8.41. The molecule has 3 N–H and O–H groups in total. The lowest BCUT2D eigenvalue weighted by Crippen LogP contribution is -2.40. The smallest absolute Gasteiger partial charge is 0.283 e. The zero-order valence-electron chi connectivity index (χ0n) is 15.3. The second-order valence-electron chi connectivity index (χ2n) is 6.42. The highest BCUT2D eigenvalue weighted by Gasteiger charge is 2.22. The molecule has 1 unspecified atom stereocenters. The number of hydrogen-bond donors (Lipinski definition) is 3. The molecule has 4 aromatic rings. The van der Waals surface area contributed by atoms with E-state index in [4.69, 9.17) is 0 Å². The van der Waals surface area contributed by atoms with Crippen molar-refractivity contribution in [3.63, 3.8) is 0 Å². The van der Waals surface area contributed by atoms with E-state index in [0.29, 0.717) is 22.8 Å². The number of fused-ring (bicyclic) bond motifs is 2. The molecule has 0 radical (unpaired) electrons. The first-order chi connectivity index (χ1) is 13.4. The Balaban J connectivity index is 1.87. The summed E-state index contributed by atoms with van der Waals surface area (Å²) in [6, 6.07) is 2.10. The number of rotatable bonds is 4. The van der Waals surface area contributed by atoms with Gasteiger partial charge in [-0.15, -0.1) is 0 Å². The second kappa shape index (κ2) is 6.44. The topological polar surface area (TPSA) is 125 Å². The highest BCUT2D eigenvalue weighted by Crippen LogP contribution is 2.25. The lowest BCUT2D eigenvalue weighted by Gasteiger charge is -2.24. The molecule has 10 nitrogen and oxygen atoms in total. The Morgan fingerprint density at radius 3 is 2.82 bits per heavy atom. The van der Waals surface area contributed by atoms with E-state index in [9.17, 15) is 14.3 Å². The second-order valence-corrected chi connectivity index (χ2v) is 6.42. The lowest BCUT2D eigenvalue weighted by atomic mass is 10.2. The minimum atomic E-state index is -0.993. The third kappa shape index (κ3) is 2.68. The van der Waals surface area contributed by atoms with Crippen LogP contribution in [0.5, 0.6) is 5.75 Å². The molecule has 3 aromatic heterocycles. The van der Waals surface area contributed by atoms with Crippen molar-refractivity contribution in [3.05, 3.63) is 46.8 Å². The van der Waals surface area contributed by atoms with Crippen LogP contribution in [0.15, 0.2) is 29.6 Å². The van der Waals surface area contributed by atoms with Gasteiger partial charge in [0.05, 0.1) is 17.9 Å². The van der Waals surface area contributed by atoms with Gasteiger partial charge in [-0.25, -0.2) is 29.0 Å². The summed E-state index contributed by atoms with van der Waals surface area (Å²) in [5, 5.41) is 14.0. The van der Waals surface area contributed by atoms with Crippen LogP contribution in [-0.4, -0.2) is 48.8 Å². The SMILES string of the molecule is CC(Nc1ncnc2nc[nH]c12)c1nc2ccc(O)c(F)c2c(=O)n1N(C)C. The van der Waals surface area contributed by atoms with Crippen molar-refractivity contribution >= 4 is 27.9 Å². The van der Waals surface area contributed by atoms with Gasteiger partial charge in [-0.3, -0.25) is 4.79 Å². The minimum Gasteiger partial charge on any atom is -0.505 e. The van der Waals surface area contributed by atoms with Gasteiger partial charge in [0.2, 0.25) is 0 Å². The van der Waals surface area contributed by atoms with Gasteiger partial charge in [-0.2, -0.15) is 0 Å². The average molecular weight is 384 g/mol. The molecule has 0 saturated carbocycles. The number of nitrogens with one attached hydrogen (secondary N) is 2. The molecule has 144 valence electrons. The Labute approximate surface area is 157 Å². The molecule has 0 bridgehead atoms. The molecule has 1 aromatic carbocycles. The van der Waals surface area contributed by atoms with Crippen LogP contribution in [0.2, 0.25) is 0 Å². The van der Waals surface area contributed by atoms with Crippen molar-refractivity contribution in [2.75, 3.05) is 24.4 Å². The molecular formula is C17H17FN8O2. The van der Waals surface area contributed by atoms with Gasteiger partial charge in [-0.1, -0.05) is 0 Å². The Morgan fingerprint density at radius 2 is 2.07 bits per heavy atom. The third-order valence-corrected chi connectivity index (χ3v) is 4.32. The van der Waals surface area contributed by atoms with Crippen LogP contribution in [0.3, 0.4) is 0 Å². The van der Waals surface area contributed by atoms with Gasteiger partial charge in [0.1, 0.15) is 17.2 Å². The van der Waals surface area contributed by atoms with E-state index in [1.165, 1.54) is 34.5 Å². The summed E-state index contributed by atoms with van der Waals surface area (Å²) in [6.45, 7) is 1.80. The van der Waals surface area contributed by atoms with Gasteiger partial charge >= 0.3 is 0 Å². The van der Waals surface area contributed by atoms with Gasteiger partial charge in [-0.05, 0) is 19.1 Å². The normalized spacial score (nSPS) is 12.4. The molecule has 4 rings (SSSR count). The molecule has 0 fully saturated rings. The molecule has 0 aliphatic carbocycles. The maximum atomic E-state index is 14.4. The summed E-state index contributed by atoms with van der Waals surface area (Å²) in [4.78, 5) is 32.7. The predicted molar refractivity (Wildman–Crippen MR) is 101 cm³/mol. The average Bonchev–Trinajstić information content (AvgIpc) is 3.13. The number of phenolic OH excluding ortho intramolecular Hbond substituents is 1. The highest BCUT2D eigenvalue weighted by molar-refractivity contribution is 5.82. The molecule has 11 heteroatoms. The fourth-order valence-electron chi connectivity index (χ4n) is 3.04. The van der Waals surface area contributed by atoms with Crippen LogP contribution in [-0.2, 0) is 0 Å². The number of hydrogen-bond acceptors (Lipinski definition) is 8. The van der Waals surface area contributed by atoms with E-state index in [-0.39, 0.29) is 10.9 Å². The first kappa shape index (κ1) is 17.6. The van der Waals surface area contributed by atoms with Crippen molar-refractivity contribution in [2.24, 2.45) is 0 Å². The van der Waals surface area contributed by atoms with E-state index in [1.807, 2.05) is 0 Å². The number of aromatic nitrogens is 6. The summed E-state index contributed by atoms with van der Waals surface area (Å²) < 4.78 is 15.6. The van der Waals surface area contributed by atoms with Crippen molar-refractivity contribution < 1.29 is 9.50 Å². The summed E-state index contributed by atoms with van der Waals surface area (Å²) >= 11 is 0. The number of imidazole rings is 1. The number of aromatic hydroxyl groups is 1. The lowest BCUT2D eigenvalue weighted by molar-refractivity contribution is 0.435. The van der Waals surface area contributed by atoms with Gasteiger partial charge in [0.15, 0.2) is 28.9 Å². The fraction of sp³-hybridized carbons (Fsp3) is 0.235. The monoisotopic (exact) mass is 384 g/mol. The van der Waals surface area contributed by atoms with Crippen LogP contribution in [0.25, 0.3) is 22.1 Å². The van der Waals surface area contributed by atoms with Crippen LogP contribution >= 0.6 is 0 Å². The van der Waals surface area contributed by atoms with E-state index in [2.05, 4.69) is 30.2 Å². The standard InChI is InChI=1S/C17H17FN8O2/c1-8(23-15-13-14(20-6-19-13)21-7-22-15)16-24-9-4-5-10(27)12(18)11(9)17(28)26(16)25(2)3/h4-8,27H,1-3H3,(H2,19,20,21,22,23). The molecule has 0 aliphatic heterocycles. The van der Waals surface area contributed by atoms with Crippen molar-refractivity contribution in [2.45, 2.75) is 13.0 Å². The quantitative estimate of drug-likeness (QED) is 0.481. The summed E-state index contributed by atoms with van der Waals surface area (Å²) in [7, 11) is 3.28. The molecule has 0 saturated heterocycles. The van der Waals surface area contributed by atoms with Crippen LogP contribution in [0.1, 0.15) is 18.8 Å². The maximum Gasteiger partial charge on any atom is 0.283 e. The zero-order chi connectivity index (χ0) is 20.0. The number of phenols is 1. The number of aromatic amines is 1. The molecular weight excluding hydrogens is 367 g/mol. The Bertz CT molecular complexity index is 1250. The van der Waals surface area contributed by atoms with Gasteiger partial charge in [0.25, 0.3) is 5.56 Å². The predicted octanol–water partition coefficient (Wildman–Crippen LogP) is 1.28. The third-order valence-electron chi connectivity index (χ3n) is 4.32. The molecule has 28 heavy (non-hydrogen) atoms. The molecule has 0 amide bonds. The number of H-pyrrole nitrogens is 1. The largest absolute Gasteiger partial charge is 0.505 e. The Kier molecular flexibility index (Phi) is 4.06. The maximum absolute atomic E-state index is 14.4.